The summed E-state index contributed by atoms with van der Waals surface area (Å²) < 4.78 is 5.67. The SMILES string of the molecule is CCNC(=NCCc1coc(-c2ccc(C)cc2)n1)NC1CCN(C2CCCC2)C1. The van der Waals surface area contributed by atoms with Crippen LogP contribution in [0.1, 0.15) is 50.3 Å². The molecule has 0 radical (unpaired) electrons. The van der Waals surface area contributed by atoms with E-state index in [0.717, 1.165) is 42.8 Å². The number of aryl methyl sites for hydroxylation is 1. The summed E-state index contributed by atoms with van der Waals surface area (Å²) in [4.78, 5) is 12.1. The molecule has 0 amide bonds. The first-order chi connectivity index (χ1) is 14.7. The highest BCUT2D eigenvalue weighted by molar-refractivity contribution is 5.80. The number of nitrogens with zero attached hydrogens (tertiary/aromatic N) is 3. The van der Waals surface area contributed by atoms with E-state index in [1.165, 1.54) is 44.2 Å². The molecule has 0 spiro atoms. The molecule has 1 aliphatic heterocycles. The number of likely N-dealkylation sites (tertiary alicyclic amines) is 1. The number of oxazole rings is 1. The highest BCUT2D eigenvalue weighted by Gasteiger charge is 2.30. The molecule has 4 rings (SSSR count). The summed E-state index contributed by atoms with van der Waals surface area (Å²) in [5.74, 6) is 1.59. The second-order valence-electron chi connectivity index (χ2n) is 8.58. The summed E-state index contributed by atoms with van der Waals surface area (Å²) in [6.45, 7) is 8.10. The summed E-state index contributed by atoms with van der Waals surface area (Å²) in [6.07, 6.45) is 9.27. The summed E-state index contributed by atoms with van der Waals surface area (Å²) >= 11 is 0. The lowest BCUT2D eigenvalue weighted by Gasteiger charge is -2.24. The van der Waals surface area contributed by atoms with Crippen molar-refractivity contribution in [2.24, 2.45) is 4.99 Å². The van der Waals surface area contributed by atoms with E-state index in [1.54, 1.807) is 6.26 Å². The molecule has 1 aromatic carbocycles. The predicted molar refractivity (Wildman–Crippen MR) is 122 cm³/mol. The Hall–Kier alpha value is -2.34. The highest BCUT2D eigenvalue weighted by atomic mass is 16.3. The fraction of sp³-hybridized carbons (Fsp3) is 0.583. The van der Waals surface area contributed by atoms with Gasteiger partial charge in [-0.05, 0) is 45.2 Å². The number of rotatable bonds is 7. The Balaban J connectivity index is 1.28. The van der Waals surface area contributed by atoms with Crippen molar-refractivity contribution in [3.05, 3.63) is 41.8 Å². The highest BCUT2D eigenvalue weighted by Crippen LogP contribution is 2.26. The van der Waals surface area contributed by atoms with Crippen LogP contribution in [0.2, 0.25) is 0 Å². The summed E-state index contributed by atoms with van der Waals surface area (Å²) in [5, 5.41) is 7.04. The molecule has 0 bridgehead atoms. The van der Waals surface area contributed by atoms with Gasteiger partial charge in [0.05, 0.1) is 5.69 Å². The molecule has 1 aromatic heterocycles. The maximum atomic E-state index is 5.67. The van der Waals surface area contributed by atoms with Crippen molar-refractivity contribution in [1.29, 1.82) is 0 Å². The van der Waals surface area contributed by atoms with Gasteiger partial charge in [0, 0.05) is 50.2 Å². The number of aliphatic imine (C=N–C) groups is 1. The lowest BCUT2D eigenvalue weighted by Crippen LogP contribution is -2.45. The average molecular weight is 410 g/mol. The lowest BCUT2D eigenvalue weighted by atomic mass is 10.1. The van der Waals surface area contributed by atoms with Crippen molar-refractivity contribution in [3.8, 4) is 11.5 Å². The Kier molecular flexibility index (Phi) is 7.05. The van der Waals surface area contributed by atoms with Crippen LogP contribution in [0.4, 0.5) is 0 Å². The van der Waals surface area contributed by atoms with E-state index < -0.39 is 0 Å². The molecule has 2 aliphatic rings. The molecule has 162 valence electrons. The Morgan fingerprint density at radius 2 is 2.00 bits per heavy atom. The molecule has 2 heterocycles. The largest absolute Gasteiger partial charge is 0.444 e. The molecule has 6 nitrogen and oxygen atoms in total. The standard InChI is InChI=1S/C24H35N5O/c1-3-25-24(28-20-13-15-29(16-20)22-6-4-5-7-22)26-14-12-21-17-30-23(27-21)19-10-8-18(2)9-11-19/h8-11,17,20,22H,3-7,12-16H2,1-2H3,(H2,25,26,28). The molecule has 1 aliphatic carbocycles. The van der Waals surface area contributed by atoms with Gasteiger partial charge in [-0.2, -0.15) is 0 Å². The Bertz CT molecular complexity index is 822. The van der Waals surface area contributed by atoms with E-state index in [9.17, 15) is 0 Å². The van der Waals surface area contributed by atoms with Crippen LogP contribution in [-0.4, -0.2) is 54.1 Å². The smallest absolute Gasteiger partial charge is 0.226 e. The van der Waals surface area contributed by atoms with Crippen LogP contribution in [0, 0.1) is 6.92 Å². The van der Waals surface area contributed by atoms with Crippen molar-refractivity contribution >= 4 is 5.96 Å². The van der Waals surface area contributed by atoms with E-state index >= 15 is 0 Å². The zero-order valence-corrected chi connectivity index (χ0v) is 18.4. The number of nitrogens with one attached hydrogen (secondary N) is 2. The second-order valence-corrected chi connectivity index (χ2v) is 8.58. The monoisotopic (exact) mass is 409 g/mol. The molecule has 6 heteroatoms. The zero-order chi connectivity index (χ0) is 20.8. The van der Waals surface area contributed by atoms with Crippen molar-refractivity contribution in [1.82, 2.24) is 20.5 Å². The number of hydrogen-bond donors (Lipinski definition) is 2. The molecule has 2 fully saturated rings. The first-order valence-corrected chi connectivity index (χ1v) is 11.5. The molecule has 1 saturated carbocycles. The van der Waals surface area contributed by atoms with Crippen LogP contribution < -0.4 is 10.6 Å². The molecule has 2 aromatic rings. The molecule has 1 atom stereocenters. The molecule has 1 unspecified atom stereocenters. The van der Waals surface area contributed by atoms with Gasteiger partial charge < -0.3 is 15.1 Å². The second kappa shape index (κ2) is 10.1. The van der Waals surface area contributed by atoms with Crippen LogP contribution in [0.15, 0.2) is 39.9 Å². The normalized spacial score (nSPS) is 20.7. The van der Waals surface area contributed by atoms with E-state index in [2.05, 4.69) is 46.5 Å². The van der Waals surface area contributed by atoms with Gasteiger partial charge in [0.25, 0.3) is 0 Å². The minimum Gasteiger partial charge on any atom is -0.444 e. The molecule has 30 heavy (non-hydrogen) atoms. The Morgan fingerprint density at radius 1 is 1.20 bits per heavy atom. The average Bonchev–Trinajstić information content (AvgIpc) is 3.50. The van der Waals surface area contributed by atoms with Crippen LogP contribution in [-0.2, 0) is 6.42 Å². The van der Waals surface area contributed by atoms with Crippen LogP contribution in [0.5, 0.6) is 0 Å². The first-order valence-electron chi connectivity index (χ1n) is 11.5. The van der Waals surface area contributed by atoms with Gasteiger partial charge in [0.2, 0.25) is 5.89 Å². The van der Waals surface area contributed by atoms with E-state index in [4.69, 9.17) is 9.41 Å². The van der Waals surface area contributed by atoms with Gasteiger partial charge in [0.1, 0.15) is 6.26 Å². The van der Waals surface area contributed by atoms with Crippen LogP contribution >= 0.6 is 0 Å². The maximum absolute atomic E-state index is 5.67. The Labute approximate surface area is 180 Å². The number of benzene rings is 1. The summed E-state index contributed by atoms with van der Waals surface area (Å²) in [5.41, 5.74) is 3.19. The van der Waals surface area contributed by atoms with E-state index in [1.807, 2.05) is 12.1 Å². The molecule has 2 N–H and O–H groups in total. The van der Waals surface area contributed by atoms with Gasteiger partial charge in [-0.1, -0.05) is 30.5 Å². The van der Waals surface area contributed by atoms with Gasteiger partial charge in [-0.3, -0.25) is 9.89 Å². The third-order valence-corrected chi connectivity index (χ3v) is 6.23. The number of hydrogen-bond acceptors (Lipinski definition) is 4. The topological polar surface area (TPSA) is 65.7 Å². The molecule has 1 saturated heterocycles. The fourth-order valence-electron chi connectivity index (χ4n) is 4.55. The van der Waals surface area contributed by atoms with Crippen molar-refractivity contribution in [2.45, 2.75) is 64.5 Å². The van der Waals surface area contributed by atoms with E-state index in [-0.39, 0.29) is 0 Å². The maximum Gasteiger partial charge on any atom is 0.226 e. The minimum atomic E-state index is 0.489. The zero-order valence-electron chi connectivity index (χ0n) is 18.4. The van der Waals surface area contributed by atoms with Crippen LogP contribution in [0.3, 0.4) is 0 Å². The van der Waals surface area contributed by atoms with Gasteiger partial charge in [0.15, 0.2) is 5.96 Å². The quantitative estimate of drug-likeness (QED) is 0.538. The number of aromatic nitrogens is 1. The van der Waals surface area contributed by atoms with Crippen molar-refractivity contribution in [3.63, 3.8) is 0 Å². The molecular formula is C24H35N5O. The Morgan fingerprint density at radius 3 is 2.77 bits per heavy atom. The van der Waals surface area contributed by atoms with Crippen molar-refractivity contribution in [2.75, 3.05) is 26.2 Å². The minimum absolute atomic E-state index is 0.489. The predicted octanol–water partition coefficient (Wildman–Crippen LogP) is 3.76. The number of guanidine groups is 1. The van der Waals surface area contributed by atoms with Gasteiger partial charge in [-0.25, -0.2) is 4.98 Å². The van der Waals surface area contributed by atoms with Crippen molar-refractivity contribution < 1.29 is 4.42 Å². The third-order valence-electron chi connectivity index (χ3n) is 6.23. The summed E-state index contributed by atoms with van der Waals surface area (Å²) in [6, 6.07) is 9.55. The van der Waals surface area contributed by atoms with Gasteiger partial charge >= 0.3 is 0 Å². The van der Waals surface area contributed by atoms with E-state index in [0.29, 0.717) is 18.5 Å². The lowest BCUT2D eigenvalue weighted by molar-refractivity contribution is 0.242. The van der Waals surface area contributed by atoms with Crippen LogP contribution in [0.25, 0.3) is 11.5 Å². The first kappa shape index (κ1) is 20.9. The fourth-order valence-corrected chi connectivity index (χ4v) is 4.55. The van der Waals surface area contributed by atoms with Gasteiger partial charge in [-0.15, -0.1) is 0 Å². The molecular weight excluding hydrogens is 374 g/mol. The summed E-state index contributed by atoms with van der Waals surface area (Å²) in [7, 11) is 0. The third kappa shape index (κ3) is 5.42.